The van der Waals surface area contributed by atoms with Gasteiger partial charge in [-0.15, -0.1) is 0 Å². The molecule has 0 spiro atoms. The van der Waals surface area contributed by atoms with E-state index in [-0.39, 0.29) is 23.8 Å². The molecule has 1 aliphatic heterocycles. The van der Waals surface area contributed by atoms with Crippen LogP contribution in [0.15, 0.2) is 18.2 Å². The van der Waals surface area contributed by atoms with E-state index >= 15 is 0 Å². The van der Waals surface area contributed by atoms with Crippen molar-refractivity contribution in [3.63, 3.8) is 0 Å². The standard InChI is InChI=1S/C20H26F3NO5S/c1-12-16-10-13-6-7-14(29-30(26,27)20(21,22)23)11-15(13)19(12,5)8-9-24(16)17(25)28-18(2,3)4/h6-7,11-12,16H,8-10H2,1-5H3/t12-,16-,19-/m1/s1. The highest BCUT2D eigenvalue weighted by Crippen LogP contribution is 2.49. The molecule has 1 saturated heterocycles. The van der Waals surface area contributed by atoms with Crippen LogP contribution in [0.1, 0.15) is 52.2 Å². The molecule has 0 saturated carbocycles. The molecule has 3 rings (SSSR count). The Bertz CT molecular complexity index is 954. The molecule has 1 fully saturated rings. The Morgan fingerprint density at radius 1 is 1.23 bits per heavy atom. The first-order chi connectivity index (χ1) is 13.6. The van der Waals surface area contributed by atoms with E-state index in [0.717, 1.165) is 11.1 Å². The number of fused-ring (bicyclic) bond motifs is 4. The van der Waals surface area contributed by atoms with Crippen molar-refractivity contribution in [3.8, 4) is 5.75 Å². The molecule has 0 radical (unpaired) electrons. The quantitative estimate of drug-likeness (QED) is 0.495. The summed E-state index contributed by atoms with van der Waals surface area (Å²) in [6, 6.07) is 4.05. The Labute approximate surface area is 174 Å². The molecule has 1 aliphatic carbocycles. The molecule has 3 atom stereocenters. The van der Waals surface area contributed by atoms with Crippen molar-refractivity contribution in [1.29, 1.82) is 0 Å². The van der Waals surface area contributed by atoms with E-state index in [0.29, 0.717) is 19.4 Å². The molecule has 2 bridgehead atoms. The fourth-order valence-electron chi connectivity index (χ4n) is 4.37. The van der Waals surface area contributed by atoms with Gasteiger partial charge in [0.15, 0.2) is 0 Å². The van der Waals surface area contributed by atoms with Gasteiger partial charge in [-0.05, 0) is 68.2 Å². The predicted octanol–water partition coefficient (Wildman–Crippen LogP) is 4.37. The van der Waals surface area contributed by atoms with Gasteiger partial charge in [0.05, 0.1) is 0 Å². The van der Waals surface area contributed by atoms with Crippen molar-refractivity contribution in [2.75, 3.05) is 6.54 Å². The number of nitrogens with zero attached hydrogens (tertiary/aromatic N) is 1. The first-order valence-corrected chi connectivity index (χ1v) is 11.1. The van der Waals surface area contributed by atoms with Crippen molar-refractivity contribution < 1.29 is 35.3 Å². The molecular formula is C20H26F3NO5S. The van der Waals surface area contributed by atoms with Crippen LogP contribution in [-0.4, -0.2) is 43.1 Å². The number of ether oxygens (including phenoxy) is 1. The van der Waals surface area contributed by atoms with Gasteiger partial charge in [0, 0.05) is 12.6 Å². The van der Waals surface area contributed by atoms with Crippen LogP contribution in [0.3, 0.4) is 0 Å². The third-order valence-electron chi connectivity index (χ3n) is 6.10. The molecule has 1 amide bonds. The van der Waals surface area contributed by atoms with Crippen molar-refractivity contribution in [1.82, 2.24) is 4.90 Å². The summed E-state index contributed by atoms with van der Waals surface area (Å²) in [6.07, 6.45) is 0.672. The van der Waals surface area contributed by atoms with Crippen LogP contribution >= 0.6 is 0 Å². The van der Waals surface area contributed by atoms with Gasteiger partial charge in [0.2, 0.25) is 0 Å². The smallest absolute Gasteiger partial charge is 0.444 e. The highest BCUT2D eigenvalue weighted by molar-refractivity contribution is 7.88. The molecule has 10 heteroatoms. The molecule has 0 aromatic heterocycles. The van der Waals surface area contributed by atoms with Crippen molar-refractivity contribution in [2.24, 2.45) is 5.92 Å². The van der Waals surface area contributed by atoms with Crippen molar-refractivity contribution >= 4 is 16.2 Å². The Balaban J connectivity index is 1.93. The molecule has 0 unspecified atom stereocenters. The van der Waals surface area contributed by atoms with E-state index in [9.17, 15) is 26.4 Å². The predicted molar refractivity (Wildman–Crippen MR) is 104 cm³/mol. The molecule has 0 N–H and O–H groups in total. The molecule has 1 heterocycles. The summed E-state index contributed by atoms with van der Waals surface area (Å²) < 4.78 is 70.6. The minimum absolute atomic E-state index is 0.0132. The van der Waals surface area contributed by atoms with Crippen LogP contribution in [0.2, 0.25) is 0 Å². The second-order valence-corrected chi connectivity index (χ2v) is 10.7. The summed E-state index contributed by atoms with van der Waals surface area (Å²) in [7, 11) is -5.74. The number of benzene rings is 1. The first kappa shape index (κ1) is 22.7. The summed E-state index contributed by atoms with van der Waals surface area (Å²) in [5.41, 5.74) is -4.96. The van der Waals surface area contributed by atoms with Crippen molar-refractivity contribution in [3.05, 3.63) is 29.3 Å². The third-order valence-corrected chi connectivity index (χ3v) is 7.08. The van der Waals surface area contributed by atoms with E-state index in [1.807, 2.05) is 13.8 Å². The third kappa shape index (κ3) is 3.98. The highest BCUT2D eigenvalue weighted by Gasteiger charge is 2.51. The fraction of sp³-hybridized carbons (Fsp3) is 0.650. The van der Waals surface area contributed by atoms with Crippen LogP contribution < -0.4 is 4.18 Å². The molecular weight excluding hydrogens is 423 g/mol. The lowest BCUT2D eigenvalue weighted by Gasteiger charge is -2.54. The zero-order valence-electron chi connectivity index (χ0n) is 17.5. The maximum absolute atomic E-state index is 12.7. The van der Waals surface area contributed by atoms with E-state index in [4.69, 9.17) is 4.74 Å². The Morgan fingerprint density at radius 3 is 2.43 bits per heavy atom. The Morgan fingerprint density at radius 2 is 1.87 bits per heavy atom. The summed E-state index contributed by atoms with van der Waals surface area (Å²) in [5.74, 6) is -0.381. The van der Waals surface area contributed by atoms with Crippen molar-refractivity contribution in [2.45, 2.75) is 70.0 Å². The van der Waals surface area contributed by atoms with Crippen LogP contribution in [0.25, 0.3) is 0 Å². The molecule has 30 heavy (non-hydrogen) atoms. The van der Waals surface area contributed by atoms with Gasteiger partial charge in [-0.3, -0.25) is 0 Å². The molecule has 1 aromatic rings. The number of rotatable bonds is 2. The van der Waals surface area contributed by atoms with E-state index in [1.54, 1.807) is 31.7 Å². The molecule has 6 nitrogen and oxygen atoms in total. The van der Waals surface area contributed by atoms with Gasteiger partial charge in [-0.1, -0.05) is 19.9 Å². The lowest BCUT2D eigenvalue weighted by atomic mass is 9.59. The lowest BCUT2D eigenvalue weighted by Crippen LogP contribution is -2.60. The van der Waals surface area contributed by atoms with Crippen LogP contribution in [0.5, 0.6) is 5.75 Å². The maximum atomic E-state index is 12.7. The second kappa shape index (κ2) is 7.03. The van der Waals surface area contributed by atoms with Gasteiger partial charge < -0.3 is 13.8 Å². The van der Waals surface area contributed by atoms with E-state index in [2.05, 4.69) is 4.18 Å². The first-order valence-electron chi connectivity index (χ1n) is 9.69. The Kier molecular flexibility index (Phi) is 5.32. The second-order valence-electron chi connectivity index (χ2n) is 9.20. The Hall–Kier alpha value is -1.97. The molecule has 168 valence electrons. The number of halogens is 3. The number of likely N-dealkylation sites (tertiary alicyclic amines) is 1. The summed E-state index contributed by atoms with van der Waals surface area (Å²) >= 11 is 0. The van der Waals surface area contributed by atoms with Gasteiger partial charge in [0.25, 0.3) is 0 Å². The number of amides is 1. The number of piperidine rings is 1. The van der Waals surface area contributed by atoms with Crippen LogP contribution in [-0.2, 0) is 26.7 Å². The summed E-state index contributed by atoms with van der Waals surface area (Å²) in [4.78, 5) is 14.4. The average Bonchev–Trinajstić information content (AvgIpc) is 2.55. The number of hydrogen-bond donors (Lipinski definition) is 0. The monoisotopic (exact) mass is 449 g/mol. The topological polar surface area (TPSA) is 72.9 Å². The number of alkyl halides is 3. The summed E-state index contributed by atoms with van der Waals surface area (Å²) in [6.45, 7) is 9.81. The number of carbonyl (C=O) groups excluding carboxylic acids is 1. The van der Waals surface area contributed by atoms with E-state index < -0.39 is 26.6 Å². The zero-order chi connectivity index (χ0) is 22.7. The number of hydrogen-bond acceptors (Lipinski definition) is 5. The van der Waals surface area contributed by atoms with Gasteiger partial charge in [0.1, 0.15) is 11.4 Å². The average molecular weight is 449 g/mol. The van der Waals surface area contributed by atoms with Gasteiger partial charge in [-0.2, -0.15) is 21.6 Å². The summed E-state index contributed by atoms with van der Waals surface area (Å²) in [5, 5.41) is 0. The zero-order valence-corrected chi connectivity index (χ0v) is 18.4. The normalized spacial score (nSPS) is 26.7. The lowest BCUT2D eigenvalue weighted by molar-refractivity contribution is -0.0500. The highest BCUT2D eigenvalue weighted by atomic mass is 32.2. The minimum atomic E-state index is -5.74. The number of carbonyl (C=O) groups is 1. The largest absolute Gasteiger partial charge is 0.534 e. The maximum Gasteiger partial charge on any atom is 0.534 e. The van der Waals surface area contributed by atoms with Crippen LogP contribution in [0.4, 0.5) is 18.0 Å². The van der Waals surface area contributed by atoms with Crippen LogP contribution in [0, 0.1) is 5.92 Å². The molecule has 2 aliphatic rings. The van der Waals surface area contributed by atoms with Gasteiger partial charge in [-0.25, -0.2) is 4.79 Å². The van der Waals surface area contributed by atoms with E-state index in [1.165, 1.54) is 12.1 Å². The molecule has 1 aromatic carbocycles. The minimum Gasteiger partial charge on any atom is -0.444 e. The van der Waals surface area contributed by atoms with Gasteiger partial charge >= 0.3 is 21.7 Å². The fourth-order valence-corrected chi connectivity index (χ4v) is 4.82. The SMILES string of the molecule is C[C@@H]1[C@H]2Cc3ccc(OS(=O)(=O)C(F)(F)F)cc3[C@]1(C)CCN2C(=O)OC(C)(C)C.